The third-order valence-electron chi connectivity index (χ3n) is 6.64. The van der Waals surface area contributed by atoms with Gasteiger partial charge in [-0.1, -0.05) is 12.1 Å². The summed E-state index contributed by atoms with van der Waals surface area (Å²) >= 11 is 0. The number of sulfonamides is 1. The number of benzene rings is 2. The Morgan fingerprint density at radius 3 is 2.35 bits per heavy atom. The predicted molar refractivity (Wildman–Crippen MR) is 144 cm³/mol. The Balaban J connectivity index is 1.45. The SMILES string of the molecule is COC(=O)c1ccc([C@@H]2C=C(C(=O)NC3CC3)O[C@H](OCCN(CCO)S(=O)(=O)c3ccc(OC)cc3)C2)cc1. The van der Waals surface area contributed by atoms with Crippen LogP contribution in [0.2, 0.25) is 0 Å². The second-order valence-electron chi connectivity index (χ2n) is 9.46. The number of aliphatic hydroxyl groups is 1. The number of hydrogen-bond acceptors (Lipinski definition) is 9. The third-order valence-corrected chi connectivity index (χ3v) is 8.56. The lowest BCUT2D eigenvalue weighted by Crippen LogP contribution is -2.38. The molecular formula is C28H34N2O9S. The highest BCUT2D eigenvalue weighted by Gasteiger charge is 2.32. The molecule has 0 spiro atoms. The van der Waals surface area contributed by atoms with Gasteiger partial charge in [0.15, 0.2) is 5.76 Å². The number of rotatable bonds is 13. The summed E-state index contributed by atoms with van der Waals surface area (Å²) in [5, 5.41) is 12.4. The summed E-state index contributed by atoms with van der Waals surface area (Å²) in [6, 6.07) is 13.0. The van der Waals surface area contributed by atoms with E-state index < -0.39 is 22.3 Å². The van der Waals surface area contributed by atoms with Crippen LogP contribution in [0.15, 0.2) is 65.3 Å². The van der Waals surface area contributed by atoms with Crippen LogP contribution in [0, 0.1) is 0 Å². The minimum absolute atomic E-state index is 0.0361. The molecule has 2 aromatic carbocycles. The molecule has 1 amide bonds. The smallest absolute Gasteiger partial charge is 0.337 e. The zero-order chi connectivity index (χ0) is 28.7. The molecule has 12 heteroatoms. The standard InChI is InChI=1S/C28H34N2O9S/c1-36-23-9-11-24(12-10-23)40(34,35)30(13-15-31)14-16-38-26-18-21(17-25(39-26)27(32)29-22-7-8-22)19-3-5-20(6-4-19)28(33)37-2/h3-6,9-12,17,21-22,26,31H,7-8,13-16,18H2,1-2H3,(H,29,32)/t21-,26+/m1/s1. The molecule has 4 rings (SSSR count). The van der Waals surface area contributed by atoms with Crippen LogP contribution >= 0.6 is 0 Å². The van der Waals surface area contributed by atoms with E-state index in [9.17, 15) is 23.1 Å². The summed E-state index contributed by atoms with van der Waals surface area (Å²) in [4.78, 5) is 24.7. The number of allylic oxidation sites excluding steroid dienone is 1. The van der Waals surface area contributed by atoms with Crippen molar-refractivity contribution in [3.05, 3.63) is 71.5 Å². The zero-order valence-electron chi connectivity index (χ0n) is 22.4. The first-order valence-electron chi connectivity index (χ1n) is 13.0. The van der Waals surface area contributed by atoms with Crippen LogP contribution in [0.4, 0.5) is 0 Å². The van der Waals surface area contributed by atoms with E-state index in [0.717, 1.165) is 22.7 Å². The molecule has 2 atom stereocenters. The van der Waals surface area contributed by atoms with Crippen molar-refractivity contribution >= 4 is 21.9 Å². The Morgan fingerprint density at radius 1 is 1.05 bits per heavy atom. The molecule has 1 aliphatic heterocycles. The van der Waals surface area contributed by atoms with E-state index in [2.05, 4.69) is 5.32 Å². The van der Waals surface area contributed by atoms with E-state index in [4.69, 9.17) is 18.9 Å². The molecule has 2 N–H and O–H groups in total. The van der Waals surface area contributed by atoms with Gasteiger partial charge in [-0.2, -0.15) is 4.31 Å². The van der Waals surface area contributed by atoms with E-state index in [1.54, 1.807) is 42.5 Å². The second kappa shape index (κ2) is 13.3. The van der Waals surface area contributed by atoms with Gasteiger partial charge in [0.1, 0.15) is 5.75 Å². The van der Waals surface area contributed by atoms with Gasteiger partial charge in [-0.3, -0.25) is 4.79 Å². The van der Waals surface area contributed by atoms with Gasteiger partial charge in [0, 0.05) is 31.5 Å². The molecule has 1 fully saturated rings. The van der Waals surface area contributed by atoms with Crippen LogP contribution in [0.3, 0.4) is 0 Å². The van der Waals surface area contributed by atoms with Crippen molar-refractivity contribution in [3.63, 3.8) is 0 Å². The number of nitrogens with zero attached hydrogens (tertiary/aromatic N) is 1. The molecule has 0 unspecified atom stereocenters. The van der Waals surface area contributed by atoms with Crippen molar-refractivity contribution in [2.24, 2.45) is 0 Å². The fourth-order valence-corrected chi connectivity index (χ4v) is 5.68. The maximum absolute atomic E-state index is 13.2. The van der Waals surface area contributed by atoms with Crippen LogP contribution in [0.1, 0.15) is 41.1 Å². The van der Waals surface area contributed by atoms with Gasteiger partial charge in [-0.05, 0) is 60.9 Å². The first-order chi connectivity index (χ1) is 19.2. The Hall–Kier alpha value is -3.45. The fourth-order valence-electron chi connectivity index (χ4n) is 4.27. The highest BCUT2D eigenvalue weighted by Crippen LogP contribution is 2.32. The van der Waals surface area contributed by atoms with E-state index in [-0.39, 0.29) is 54.8 Å². The quantitative estimate of drug-likeness (QED) is 0.345. The highest BCUT2D eigenvalue weighted by molar-refractivity contribution is 7.89. The predicted octanol–water partition coefficient (Wildman–Crippen LogP) is 2.17. The molecule has 0 bridgehead atoms. The molecule has 40 heavy (non-hydrogen) atoms. The number of amides is 1. The lowest BCUT2D eigenvalue weighted by molar-refractivity contribution is -0.146. The van der Waals surface area contributed by atoms with Gasteiger partial charge in [0.25, 0.3) is 5.91 Å². The minimum atomic E-state index is -3.91. The average molecular weight is 575 g/mol. The molecule has 0 saturated heterocycles. The Labute approximate surface area is 233 Å². The second-order valence-corrected chi connectivity index (χ2v) is 11.4. The maximum Gasteiger partial charge on any atom is 0.337 e. The maximum atomic E-state index is 13.2. The first kappa shape index (κ1) is 29.5. The Kier molecular flexibility index (Phi) is 9.80. The van der Waals surface area contributed by atoms with Gasteiger partial charge in [-0.25, -0.2) is 13.2 Å². The summed E-state index contributed by atoms with van der Waals surface area (Å²) in [7, 11) is -1.10. The summed E-state index contributed by atoms with van der Waals surface area (Å²) in [5.41, 5.74) is 1.26. The number of ether oxygens (including phenoxy) is 4. The first-order valence-corrected chi connectivity index (χ1v) is 14.4. The summed E-state index contributed by atoms with van der Waals surface area (Å²) in [5.74, 6) is -0.382. The van der Waals surface area contributed by atoms with Crippen molar-refractivity contribution in [1.82, 2.24) is 9.62 Å². The van der Waals surface area contributed by atoms with Gasteiger partial charge in [0.05, 0.1) is 37.9 Å². The number of esters is 1. The summed E-state index contributed by atoms with van der Waals surface area (Å²) in [6.45, 7) is -0.563. The highest BCUT2D eigenvalue weighted by atomic mass is 32.2. The molecule has 0 radical (unpaired) electrons. The topological polar surface area (TPSA) is 141 Å². The summed E-state index contributed by atoms with van der Waals surface area (Å²) < 4.78 is 49.2. The van der Waals surface area contributed by atoms with Crippen molar-refractivity contribution in [3.8, 4) is 5.75 Å². The number of carbonyl (C=O) groups is 2. The Bertz CT molecular complexity index is 1310. The van der Waals surface area contributed by atoms with E-state index >= 15 is 0 Å². The lowest BCUT2D eigenvalue weighted by Gasteiger charge is -2.30. The molecule has 1 heterocycles. The molecule has 2 aliphatic rings. The van der Waals surface area contributed by atoms with Crippen LogP contribution < -0.4 is 10.1 Å². The number of nitrogens with one attached hydrogen (secondary N) is 1. The number of carbonyl (C=O) groups excluding carboxylic acids is 2. The van der Waals surface area contributed by atoms with Crippen molar-refractivity contribution in [1.29, 1.82) is 0 Å². The lowest BCUT2D eigenvalue weighted by atomic mass is 9.92. The van der Waals surface area contributed by atoms with Gasteiger partial charge in [-0.15, -0.1) is 0 Å². The van der Waals surface area contributed by atoms with Crippen LogP contribution in [0.25, 0.3) is 0 Å². The van der Waals surface area contributed by atoms with Gasteiger partial charge >= 0.3 is 5.97 Å². The average Bonchev–Trinajstić information content (AvgIpc) is 3.80. The van der Waals surface area contributed by atoms with E-state index in [1.807, 2.05) is 0 Å². The molecule has 0 aromatic heterocycles. The van der Waals surface area contributed by atoms with E-state index in [0.29, 0.717) is 17.7 Å². The summed E-state index contributed by atoms with van der Waals surface area (Å²) in [6.07, 6.45) is 3.11. The van der Waals surface area contributed by atoms with Gasteiger partial charge in [0.2, 0.25) is 16.3 Å². The fraction of sp³-hybridized carbons (Fsp3) is 0.429. The Morgan fingerprint density at radius 2 is 1.75 bits per heavy atom. The molecular weight excluding hydrogens is 540 g/mol. The zero-order valence-corrected chi connectivity index (χ0v) is 23.3. The molecule has 11 nitrogen and oxygen atoms in total. The van der Waals surface area contributed by atoms with Crippen molar-refractivity contribution in [2.75, 3.05) is 40.5 Å². The number of methoxy groups -OCH3 is 2. The van der Waals surface area contributed by atoms with Crippen molar-refractivity contribution in [2.45, 2.75) is 42.4 Å². The monoisotopic (exact) mass is 574 g/mol. The van der Waals surface area contributed by atoms with Crippen LogP contribution in [-0.4, -0.2) is 82.6 Å². The van der Waals surface area contributed by atoms with Crippen molar-refractivity contribution < 1.29 is 42.1 Å². The van der Waals surface area contributed by atoms with E-state index in [1.165, 1.54) is 26.4 Å². The largest absolute Gasteiger partial charge is 0.497 e. The normalized spacial score (nSPS) is 18.9. The molecule has 1 saturated carbocycles. The molecule has 2 aromatic rings. The number of aliphatic hydroxyl groups excluding tert-OH is 1. The van der Waals surface area contributed by atoms with Crippen LogP contribution in [-0.2, 0) is 29.0 Å². The molecule has 216 valence electrons. The van der Waals surface area contributed by atoms with Gasteiger partial charge < -0.3 is 29.4 Å². The van der Waals surface area contributed by atoms with Crippen LogP contribution in [0.5, 0.6) is 5.75 Å². The third kappa shape index (κ3) is 7.39. The minimum Gasteiger partial charge on any atom is -0.497 e. The molecule has 1 aliphatic carbocycles. The number of hydrogen-bond donors (Lipinski definition) is 2.